The molecule has 0 spiro atoms. The van der Waals surface area contributed by atoms with Gasteiger partial charge in [-0.2, -0.15) is 14.6 Å². The molecule has 0 N–H and O–H groups in total. The summed E-state index contributed by atoms with van der Waals surface area (Å²) >= 11 is 1.31. The van der Waals surface area contributed by atoms with Gasteiger partial charge in [-0.25, -0.2) is 4.68 Å². The molecule has 1 aliphatic rings. The summed E-state index contributed by atoms with van der Waals surface area (Å²) < 4.78 is 15.2. The van der Waals surface area contributed by atoms with Gasteiger partial charge in [0.15, 0.2) is 17.3 Å². The number of aryl methyl sites for hydroxylation is 1. The van der Waals surface area contributed by atoms with E-state index in [0.717, 1.165) is 33.6 Å². The number of hydrogen-bond acceptors (Lipinski definition) is 7. The summed E-state index contributed by atoms with van der Waals surface area (Å²) in [5.74, 6) is 1.93. The van der Waals surface area contributed by atoms with E-state index in [1.54, 1.807) is 0 Å². The van der Waals surface area contributed by atoms with Gasteiger partial charge in [-0.15, -0.1) is 5.10 Å². The van der Waals surface area contributed by atoms with E-state index >= 15 is 0 Å². The minimum absolute atomic E-state index is 0.212. The summed E-state index contributed by atoms with van der Waals surface area (Å²) in [6, 6.07) is 23.6. The second-order valence-corrected chi connectivity index (χ2v) is 9.99. The largest absolute Gasteiger partial charge is 0.486 e. The van der Waals surface area contributed by atoms with Crippen LogP contribution in [0.1, 0.15) is 11.1 Å². The van der Waals surface area contributed by atoms with Crippen LogP contribution >= 0.6 is 11.3 Å². The minimum Gasteiger partial charge on any atom is -0.486 e. The number of benzene rings is 3. The van der Waals surface area contributed by atoms with Gasteiger partial charge in [-0.3, -0.25) is 4.79 Å². The number of rotatable bonds is 4. The van der Waals surface area contributed by atoms with Crippen molar-refractivity contribution in [2.24, 2.45) is 0 Å². The zero-order valence-corrected chi connectivity index (χ0v) is 21.2. The van der Waals surface area contributed by atoms with Crippen molar-refractivity contribution in [1.29, 1.82) is 0 Å². The zero-order valence-electron chi connectivity index (χ0n) is 20.4. The molecule has 38 heavy (non-hydrogen) atoms. The maximum absolute atomic E-state index is 13.3. The van der Waals surface area contributed by atoms with Crippen molar-refractivity contribution < 1.29 is 9.47 Å². The van der Waals surface area contributed by atoms with Gasteiger partial charge in [0.25, 0.3) is 5.56 Å². The Labute approximate surface area is 221 Å². The van der Waals surface area contributed by atoms with Crippen LogP contribution in [0, 0.1) is 6.92 Å². The monoisotopic (exact) mass is 519 g/mol. The van der Waals surface area contributed by atoms with Crippen LogP contribution < -0.4 is 19.6 Å². The van der Waals surface area contributed by atoms with Crippen LogP contribution in [-0.4, -0.2) is 37.6 Å². The first kappa shape index (κ1) is 22.4. The molecule has 0 radical (unpaired) electrons. The summed E-state index contributed by atoms with van der Waals surface area (Å²) in [5, 5.41) is 9.37. The fourth-order valence-corrected chi connectivity index (χ4v) is 5.32. The van der Waals surface area contributed by atoms with E-state index in [0.29, 0.717) is 40.0 Å². The topological polar surface area (TPSA) is 83.5 Å². The van der Waals surface area contributed by atoms with Gasteiger partial charge in [0.2, 0.25) is 4.96 Å². The molecular formula is C29H21N5O3S. The number of aromatic nitrogens is 5. The maximum Gasteiger partial charge on any atom is 0.291 e. The SMILES string of the molecule is Cc1ccc(-c2nc3sc(=Cc4cn(-c5ccccc5)nc4-c4ccc5c(c4)OCCO5)c(=O)n3n2)cc1. The highest BCUT2D eigenvalue weighted by Crippen LogP contribution is 2.35. The Kier molecular flexibility index (Phi) is 5.29. The van der Waals surface area contributed by atoms with Crippen molar-refractivity contribution in [2.45, 2.75) is 6.92 Å². The molecule has 0 saturated heterocycles. The molecule has 3 aromatic carbocycles. The van der Waals surface area contributed by atoms with Gasteiger partial charge in [-0.05, 0) is 43.3 Å². The van der Waals surface area contributed by atoms with Gasteiger partial charge < -0.3 is 9.47 Å². The lowest BCUT2D eigenvalue weighted by atomic mass is 10.1. The molecule has 8 nitrogen and oxygen atoms in total. The van der Waals surface area contributed by atoms with Crippen molar-refractivity contribution in [3.8, 4) is 39.8 Å². The standard InChI is InChI=1S/C29H21N5O3S/c1-18-7-9-19(10-8-18)27-30-29-34(32-27)28(35)25(38-29)16-21-17-33(22-5-3-2-4-6-22)31-26(21)20-11-12-23-24(15-20)37-14-13-36-23/h2-12,15-17H,13-14H2,1H3. The number of nitrogens with zero attached hydrogens (tertiary/aromatic N) is 5. The maximum atomic E-state index is 13.3. The molecule has 9 heteroatoms. The number of fused-ring (bicyclic) bond motifs is 2. The molecule has 186 valence electrons. The lowest BCUT2D eigenvalue weighted by Crippen LogP contribution is -2.23. The van der Waals surface area contributed by atoms with Crippen LogP contribution in [0.3, 0.4) is 0 Å². The van der Waals surface area contributed by atoms with E-state index in [1.807, 2.05) is 96.7 Å². The molecule has 4 heterocycles. The van der Waals surface area contributed by atoms with Gasteiger partial charge in [0.05, 0.1) is 10.2 Å². The van der Waals surface area contributed by atoms with Crippen LogP contribution in [0.5, 0.6) is 11.5 Å². The van der Waals surface area contributed by atoms with Gasteiger partial charge in [0, 0.05) is 22.9 Å². The van der Waals surface area contributed by atoms with Crippen molar-refractivity contribution in [3.63, 3.8) is 0 Å². The highest BCUT2D eigenvalue weighted by molar-refractivity contribution is 7.15. The number of ether oxygens (including phenoxy) is 2. The summed E-state index contributed by atoms with van der Waals surface area (Å²) in [7, 11) is 0. The number of para-hydroxylation sites is 1. The third-order valence-corrected chi connectivity index (χ3v) is 7.32. The Balaban J connectivity index is 1.35. The van der Waals surface area contributed by atoms with E-state index in [4.69, 9.17) is 14.6 Å². The van der Waals surface area contributed by atoms with E-state index in [1.165, 1.54) is 15.9 Å². The van der Waals surface area contributed by atoms with Crippen molar-refractivity contribution in [2.75, 3.05) is 13.2 Å². The summed E-state index contributed by atoms with van der Waals surface area (Å²) in [6.07, 6.45) is 3.78. The molecule has 0 amide bonds. The fourth-order valence-electron chi connectivity index (χ4n) is 4.42. The molecule has 0 atom stereocenters. The Morgan fingerprint density at radius 2 is 1.66 bits per heavy atom. The first-order chi connectivity index (χ1) is 18.6. The van der Waals surface area contributed by atoms with E-state index in [-0.39, 0.29) is 5.56 Å². The quantitative estimate of drug-likeness (QED) is 0.345. The first-order valence-electron chi connectivity index (χ1n) is 12.2. The van der Waals surface area contributed by atoms with Gasteiger partial charge in [-0.1, -0.05) is 59.4 Å². The highest BCUT2D eigenvalue weighted by Gasteiger charge is 2.18. The van der Waals surface area contributed by atoms with Crippen LogP contribution in [0.15, 0.2) is 83.8 Å². The molecule has 1 aliphatic heterocycles. The van der Waals surface area contributed by atoms with Crippen LogP contribution in [0.4, 0.5) is 0 Å². The third kappa shape index (κ3) is 3.93. The van der Waals surface area contributed by atoms with E-state index < -0.39 is 0 Å². The van der Waals surface area contributed by atoms with Crippen LogP contribution in [0.2, 0.25) is 0 Å². The fraction of sp³-hybridized carbons (Fsp3) is 0.103. The Morgan fingerprint density at radius 1 is 0.895 bits per heavy atom. The van der Waals surface area contributed by atoms with Crippen molar-refractivity contribution in [3.05, 3.63) is 105 Å². The van der Waals surface area contributed by atoms with Gasteiger partial charge >= 0.3 is 0 Å². The highest BCUT2D eigenvalue weighted by atomic mass is 32.1. The number of hydrogen-bond donors (Lipinski definition) is 0. The molecule has 0 unspecified atom stereocenters. The lowest BCUT2D eigenvalue weighted by molar-refractivity contribution is 0.171. The predicted octanol–water partition coefficient (Wildman–Crippen LogP) is 4.30. The average Bonchev–Trinajstić information content (AvgIpc) is 3.64. The lowest BCUT2D eigenvalue weighted by Gasteiger charge is -2.18. The van der Waals surface area contributed by atoms with Crippen LogP contribution in [-0.2, 0) is 0 Å². The molecule has 0 bridgehead atoms. The second-order valence-electron chi connectivity index (χ2n) is 8.98. The molecule has 3 aromatic heterocycles. The van der Waals surface area contributed by atoms with E-state index in [9.17, 15) is 4.79 Å². The Morgan fingerprint density at radius 3 is 2.45 bits per heavy atom. The molecule has 0 aliphatic carbocycles. The zero-order chi connectivity index (χ0) is 25.6. The summed E-state index contributed by atoms with van der Waals surface area (Å²) in [5.41, 5.74) is 5.12. The molecule has 6 aromatic rings. The Hall–Kier alpha value is -4.76. The Bertz CT molecular complexity index is 1910. The third-order valence-electron chi connectivity index (χ3n) is 6.36. The first-order valence-corrected chi connectivity index (χ1v) is 13.0. The predicted molar refractivity (Wildman–Crippen MR) is 146 cm³/mol. The van der Waals surface area contributed by atoms with Crippen molar-refractivity contribution >= 4 is 22.4 Å². The smallest absolute Gasteiger partial charge is 0.291 e. The molecule has 0 fully saturated rings. The summed E-state index contributed by atoms with van der Waals surface area (Å²) in [4.78, 5) is 18.5. The van der Waals surface area contributed by atoms with Gasteiger partial charge in [0.1, 0.15) is 18.9 Å². The summed E-state index contributed by atoms with van der Waals surface area (Å²) in [6.45, 7) is 3.06. The van der Waals surface area contributed by atoms with E-state index in [2.05, 4.69) is 10.1 Å². The molecular weight excluding hydrogens is 498 g/mol. The molecule has 7 rings (SSSR count). The number of thiazole rings is 1. The van der Waals surface area contributed by atoms with Crippen LogP contribution in [0.25, 0.3) is 39.4 Å². The van der Waals surface area contributed by atoms with Crippen molar-refractivity contribution in [1.82, 2.24) is 24.4 Å². The normalized spacial score (nSPS) is 13.3. The average molecular weight is 520 g/mol. The minimum atomic E-state index is -0.212. The second kappa shape index (κ2) is 8.97. The molecule has 0 saturated carbocycles.